The first-order valence-corrected chi connectivity index (χ1v) is 9.10. The number of benzene rings is 1. The third-order valence-electron chi connectivity index (χ3n) is 4.48. The number of carbonyl (C=O) groups excluding carboxylic acids is 1. The second-order valence-electron chi connectivity index (χ2n) is 6.18. The van der Waals surface area contributed by atoms with E-state index in [1.54, 1.807) is 6.08 Å². The first-order valence-electron chi connectivity index (χ1n) is 8.22. The van der Waals surface area contributed by atoms with Crippen LogP contribution in [0.15, 0.2) is 53.4 Å². The van der Waals surface area contributed by atoms with Gasteiger partial charge in [-0.25, -0.2) is 4.98 Å². The molecule has 4 heteroatoms. The molecule has 1 aliphatic rings. The Balaban J connectivity index is 1.75. The lowest BCUT2D eigenvalue weighted by atomic mass is 9.94. The molecule has 1 N–H and O–H groups in total. The molecule has 3 nitrogen and oxygen atoms in total. The average Bonchev–Trinajstić information content (AvgIpc) is 3.29. The Morgan fingerprint density at radius 3 is 2.68 bits per heavy atom. The van der Waals surface area contributed by atoms with Gasteiger partial charge in [-0.1, -0.05) is 41.8 Å². The van der Waals surface area contributed by atoms with E-state index < -0.39 is 5.41 Å². The van der Waals surface area contributed by atoms with Crippen LogP contribution in [0.5, 0.6) is 0 Å². The van der Waals surface area contributed by atoms with Crippen LogP contribution in [0.25, 0.3) is 11.3 Å². The summed E-state index contributed by atoms with van der Waals surface area (Å²) in [6, 6.07) is 8.20. The van der Waals surface area contributed by atoms with E-state index in [2.05, 4.69) is 35.3 Å². The number of terminal acetylenes is 1. The number of rotatable bonds is 5. The lowest BCUT2D eigenvalue weighted by molar-refractivity contribution is -0.119. The van der Waals surface area contributed by atoms with Crippen molar-refractivity contribution in [3.63, 3.8) is 0 Å². The third-order valence-corrected chi connectivity index (χ3v) is 5.24. The van der Waals surface area contributed by atoms with Gasteiger partial charge in [-0.3, -0.25) is 4.79 Å². The van der Waals surface area contributed by atoms with Crippen LogP contribution in [0.1, 0.15) is 25.3 Å². The fourth-order valence-electron chi connectivity index (χ4n) is 2.85. The normalized spacial score (nSPS) is 15.8. The highest BCUT2D eigenvalue weighted by Gasteiger charge is 2.51. The Bertz CT molecular complexity index is 877. The van der Waals surface area contributed by atoms with Crippen molar-refractivity contribution in [1.29, 1.82) is 0 Å². The van der Waals surface area contributed by atoms with Gasteiger partial charge in [0.25, 0.3) is 0 Å². The van der Waals surface area contributed by atoms with Crippen molar-refractivity contribution >= 4 is 22.4 Å². The van der Waals surface area contributed by atoms with Gasteiger partial charge in [-0.05, 0) is 44.4 Å². The number of allylic oxidation sites excluding steroid dienone is 3. The third kappa shape index (κ3) is 3.57. The second-order valence-corrected chi connectivity index (χ2v) is 7.04. The molecule has 0 bridgehead atoms. The maximum Gasteiger partial charge on any atom is 0.236 e. The molecule has 1 aliphatic carbocycles. The number of aromatic nitrogens is 1. The quantitative estimate of drug-likeness (QED) is 0.612. The van der Waals surface area contributed by atoms with E-state index in [0.717, 1.165) is 29.7 Å². The molecule has 0 atom stereocenters. The highest BCUT2D eigenvalue weighted by molar-refractivity contribution is 7.14. The molecule has 1 fully saturated rings. The molecular formula is C21H20N2OS. The molecule has 1 saturated carbocycles. The highest BCUT2D eigenvalue weighted by Crippen LogP contribution is 2.53. The van der Waals surface area contributed by atoms with E-state index in [0.29, 0.717) is 5.13 Å². The number of anilines is 1. The highest BCUT2D eigenvalue weighted by atomic mass is 32.1. The number of hydrogen-bond acceptors (Lipinski definition) is 3. The van der Waals surface area contributed by atoms with Crippen molar-refractivity contribution in [2.24, 2.45) is 5.41 Å². The van der Waals surface area contributed by atoms with Crippen molar-refractivity contribution in [2.45, 2.75) is 26.7 Å². The van der Waals surface area contributed by atoms with Gasteiger partial charge in [-0.2, -0.15) is 0 Å². The number of aryl methyl sites for hydroxylation is 1. The zero-order valence-corrected chi connectivity index (χ0v) is 15.2. The summed E-state index contributed by atoms with van der Waals surface area (Å²) in [5.41, 5.74) is 3.65. The SMILES string of the molecule is C#C/C=C\C(=C/C)C1(C(=O)Nc2nc(-c3ccc(C)cc3)cs2)CC1. The Morgan fingerprint density at radius 2 is 2.08 bits per heavy atom. The molecular weight excluding hydrogens is 328 g/mol. The summed E-state index contributed by atoms with van der Waals surface area (Å²) < 4.78 is 0. The van der Waals surface area contributed by atoms with Crippen LogP contribution < -0.4 is 5.32 Å². The smallest absolute Gasteiger partial charge is 0.236 e. The Hall–Kier alpha value is -2.64. The zero-order valence-electron chi connectivity index (χ0n) is 14.4. The van der Waals surface area contributed by atoms with Crippen molar-refractivity contribution in [3.05, 3.63) is 59.0 Å². The molecule has 0 radical (unpaired) electrons. The van der Waals surface area contributed by atoms with Gasteiger partial charge in [0, 0.05) is 10.9 Å². The maximum atomic E-state index is 12.8. The van der Waals surface area contributed by atoms with Crippen LogP contribution in [-0.4, -0.2) is 10.9 Å². The maximum absolute atomic E-state index is 12.8. The standard InChI is InChI=1S/C21H20N2OS/c1-4-6-7-17(5-2)21(12-13-21)19(24)23-20-22-18(14-25-20)16-10-8-15(3)9-11-16/h1,5-11,14H,12-13H2,2-3H3,(H,22,23,24)/b7-6-,17-5+. The predicted molar refractivity (Wildman–Crippen MR) is 104 cm³/mol. The van der Waals surface area contributed by atoms with E-state index >= 15 is 0 Å². The fraction of sp³-hybridized carbons (Fsp3) is 0.238. The summed E-state index contributed by atoms with van der Waals surface area (Å²) in [4.78, 5) is 17.3. The second kappa shape index (κ2) is 7.08. The number of amides is 1. The monoisotopic (exact) mass is 348 g/mol. The number of nitrogens with zero attached hydrogens (tertiary/aromatic N) is 1. The van der Waals surface area contributed by atoms with E-state index in [9.17, 15) is 4.79 Å². The van der Waals surface area contributed by atoms with Crippen molar-refractivity contribution in [3.8, 4) is 23.6 Å². The van der Waals surface area contributed by atoms with Gasteiger partial charge in [0.1, 0.15) is 0 Å². The Kier molecular flexibility index (Phi) is 4.87. The Labute approximate surface area is 152 Å². The summed E-state index contributed by atoms with van der Waals surface area (Å²) in [6.07, 6.45) is 12.4. The molecule has 0 unspecified atom stereocenters. The molecule has 1 amide bonds. The Morgan fingerprint density at radius 1 is 1.36 bits per heavy atom. The number of hydrogen-bond donors (Lipinski definition) is 1. The molecule has 2 aromatic rings. The lowest BCUT2D eigenvalue weighted by Crippen LogP contribution is -2.25. The fourth-order valence-corrected chi connectivity index (χ4v) is 3.56. The first-order chi connectivity index (χ1) is 12.1. The van der Waals surface area contributed by atoms with Crippen LogP contribution in [0.4, 0.5) is 5.13 Å². The minimum atomic E-state index is -0.461. The molecule has 0 spiro atoms. The van der Waals surface area contributed by atoms with Gasteiger partial charge < -0.3 is 5.32 Å². The lowest BCUT2D eigenvalue weighted by Gasteiger charge is -2.15. The molecule has 25 heavy (non-hydrogen) atoms. The minimum Gasteiger partial charge on any atom is -0.301 e. The van der Waals surface area contributed by atoms with E-state index in [-0.39, 0.29) is 5.91 Å². The van der Waals surface area contributed by atoms with E-state index in [1.165, 1.54) is 16.9 Å². The number of nitrogens with one attached hydrogen (secondary N) is 1. The molecule has 1 aromatic heterocycles. The average molecular weight is 348 g/mol. The van der Waals surface area contributed by atoms with Crippen molar-refractivity contribution in [1.82, 2.24) is 4.98 Å². The molecule has 1 heterocycles. The number of carbonyl (C=O) groups is 1. The first kappa shape index (κ1) is 17.2. The van der Waals surface area contributed by atoms with Crippen molar-refractivity contribution < 1.29 is 4.79 Å². The van der Waals surface area contributed by atoms with E-state index in [1.807, 2.05) is 36.6 Å². The van der Waals surface area contributed by atoms with Crippen LogP contribution in [0.3, 0.4) is 0 Å². The summed E-state index contributed by atoms with van der Waals surface area (Å²) in [6.45, 7) is 3.99. The summed E-state index contributed by atoms with van der Waals surface area (Å²) >= 11 is 1.45. The van der Waals surface area contributed by atoms with Gasteiger partial charge in [0.15, 0.2) is 5.13 Å². The van der Waals surface area contributed by atoms with E-state index in [4.69, 9.17) is 6.42 Å². The summed E-state index contributed by atoms with van der Waals surface area (Å²) in [7, 11) is 0. The molecule has 3 rings (SSSR count). The molecule has 0 saturated heterocycles. The largest absolute Gasteiger partial charge is 0.301 e. The number of thiazole rings is 1. The molecule has 126 valence electrons. The van der Waals surface area contributed by atoms with Gasteiger partial charge in [0.2, 0.25) is 5.91 Å². The minimum absolute atomic E-state index is 0.00734. The topological polar surface area (TPSA) is 42.0 Å². The summed E-state index contributed by atoms with van der Waals surface area (Å²) in [5, 5.41) is 5.57. The van der Waals surface area contributed by atoms with Gasteiger partial charge >= 0.3 is 0 Å². The summed E-state index contributed by atoms with van der Waals surface area (Å²) in [5.74, 6) is 2.48. The molecule has 1 aromatic carbocycles. The van der Waals surface area contributed by atoms with Crippen LogP contribution in [-0.2, 0) is 4.79 Å². The predicted octanol–water partition coefficient (Wildman–Crippen LogP) is 4.97. The van der Waals surface area contributed by atoms with Gasteiger partial charge in [0.05, 0.1) is 11.1 Å². The zero-order chi connectivity index (χ0) is 17.9. The van der Waals surface area contributed by atoms with Gasteiger partial charge in [-0.15, -0.1) is 17.8 Å². The van der Waals surface area contributed by atoms with Crippen LogP contribution in [0, 0.1) is 24.7 Å². The molecule has 0 aliphatic heterocycles. The van der Waals surface area contributed by atoms with Crippen molar-refractivity contribution in [2.75, 3.05) is 5.32 Å². The van der Waals surface area contributed by atoms with Crippen LogP contribution >= 0.6 is 11.3 Å². The van der Waals surface area contributed by atoms with Crippen LogP contribution in [0.2, 0.25) is 0 Å².